The minimum Gasteiger partial charge on any atom is -0.299 e. The van der Waals surface area contributed by atoms with Gasteiger partial charge in [-0.1, -0.05) is 17.3 Å². The van der Waals surface area contributed by atoms with Crippen molar-refractivity contribution in [3.8, 4) is 0 Å². The van der Waals surface area contributed by atoms with Gasteiger partial charge in [0.15, 0.2) is 0 Å². The van der Waals surface area contributed by atoms with E-state index in [1.807, 2.05) is 12.1 Å². The van der Waals surface area contributed by atoms with Crippen molar-refractivity contribution in [1.29, 1.82) is 0 Å². The molecule has 20 heavy (non-hydrogen) atoms. The second-order valence-electron chi connectivity index (χ2n) is 4.48. The van der Waals surface area contributed by atoms with Gasteiger partial charge in [-0.2, -0.15) is 4.68 Å². The Hall–Kier alpha value is -2.04. The molecule has 0 spiro atoms. The van der Waals surface area contributed by atoms with Crippen LogP contribution in [0.4, 0.5) is 0 Å². The molecule has 1 aromatic carbocycles. The van der Waals surface area contributed by atoms with Crippen molar-refractivity contribution in [2.45, 2.75) is 12.8 Å². The number of hydrogen-bond donors (Lipinski definition) is 0. The zero-order valence-electron chi connectivity index (χ0n) is 10.7. The molecule has 5 radical (unpaired) electrons. The van der Waals surface area contributed by atoms with Crippen LogP contribution in [0.3, 0.4) is 0 Å². The predicted molar refractivity (Wildman–Crippen MR) is 72.8 cm³/mol. The van der Waals surface area contributed by atoms with E-state index in [2.05, 4.69) is 10.3 Å². The maximum atomic E-state index is 12.1. The van der Waals surface area contributed by atoms with Gasteiger partial charge in [-0.25, -0.2) is 0 Å². The molecule has 1 aromatic heterocycles. The molecule has 0 bridgehead atoms. The van der Waals surface area contributed by atoms with Crippen LogP contribution >= 0.6 is 0 Å². The number of fused-ring (bicyclic) bond motifs is 1. The summed E-state index contributed by atoms with van der Waals surface area (Å²) in [5.41, 5.74) is 1.33. The lowest BCUT2D eigenvalue weighted by Crippen LogP contribution is -2.16. The van der Waals surface area contributed by atoms with E-state index in [9.17, 15) is 9.59 Å². The number of hydrogen-bond acceptors (Lipinski definition) is 4. The van der Waals surface area contributed by atoms with Gasteiger partial charge in [0.05, 0.1) is 5.52 Å². The van der Waals surface area contributed by atoms with Gasteiger partial charge in [-0.05, 0) is 37.8 Å². The maximum Gasteiger partial charge on any atom is 0.249 e. The third kappa shape index (κ3) is 2.48. The molecule has 1 aliphatic rings. The summed E-state index contributed by atoms with van der Waals surface area (Å²) in [5, 5.41) is 7.77. The second kappa shape index (κ2) is 5.53. The molecule has 1 fully saturated rings. The number of aromatic nitrogens is 3. The van der Waals surface area contributed by atoms with E-state index in [0.29, 0.717) is 17.0 Å². The minimum atomic E-state index is -0.224. The average molecular weight is 266 g/mol. The Bertz CT molecular complexity index is 641. The Morgan fingerprint density at radius 2 is 1.80 bits per heavy atom. The van der Waals surface area contributed by atoms with E-state index in [1.165, 1.54) is 4.68 Å². The van der Waals surface area contributed by atoms with Gasteiger partial charge in [0.2, 0.25) is 5.91 Å². The fourth-order valence-electron chi connectivity index (χ4n) is 2.08. The molecule has 0 aliphatic heterocycles. The number of para-hydroxylation sites is 1. The van der Waals surface area contributed by atoms with Crippen molar-refractivity contribution in [3.05, 3.63) is 55.9 Å². The van der Waals surface area contributed by atoms with Gasteiger partial charge >= 0.3 is 0 Å². The van der Waals surface area contributed by atoms with E-state index < -0.39 is 0 Å². The summed E-state index contributed by atoms with van der Waals surface area (Å²) in [4.78, 5) is 23.9. The predicted octanol–water partition coefficient (Wildman–Crippen LogP) is 1.83. The standard InChI is InChI=1S/C15H12N3O2/c19-14(11-5-1-2-6-11)9-10-15(20)18-13-8-4-3-7-12(13)16-17-18/h1-8H,9-10H2. The van der Waals surface area contributed by atoms with Crippen molar-refractivity contribution in [2.75, 3.05) is 0 Å². The number of nitrogens with zero attached hydrogens (tertiary/aromatic N) is 3. The van der Waals surface area contributed by atoms with Crippen LogP contribution < -0.4 is 0 Å². The molecule has 3 rings (SSSR count). The van der Waals surface area contributed by atoms with Gasteiger partial charge in [-0.15, -0.1) is 5.10 Å². The lowest BCUT2D eigenvalue weighted by molar-refractivity contribution is -0.116. The molecule has 5 heteroatoms. The Kier molecular flexibility index (Phi) is 3.58. The minimum absolute atomic E-state index is 0.0345. The van der Waals surface area contributed by atoms with E-state index >= 15 is 0 Å². The summed E-state index contributed by atoms with van der Waals surface area (Å²) in [5.74, 6) is 0.382. The van der Waals surface area contributed by atoms with E-state index in [0.717, 1.165) is 0 Å². The van der Waals surface area contributed by atoms with Crippen LogP contribution in [0.25, 0.3) is 11.0 Å². The van der Waals surface area contributed by atoms with Crippen LogP contribution in [-0.2, 0) is 4.79 Å². The first-order valence-corrected chi connectivity index (χ1v) is 6.34. The van der Waals surface area contributed by atoms with E-state index in [1.54, 1.807) is 37.8 Å². The summed E-state index contributed by atoms with van der Waals surface area (Å²) in [7, 11) is 0. The highest BCUT2D eigenvalue weighted by Gasteiger charge is 2.25. The van der Waals surface area contributed by atoms with Crippen molar-refractivity contribution in [1.82, 2.24) is 15.0 Å². The first kappa shape index (κ1) is 13.0. The maximum absolute atomic E-state index is 12.1. The summed E-state index contributed by atoms with van der Waals surface area (Å²) in [6.45, 7) is 0. The summed E-state index contributed by atoms with van der Waals surface area (Å²) in [6, 6.07) is 7.24. The van der Waals surface area contributed by atoms with Gasteiger partial charge in [0, 0.05) is 18.8 Å². The van der Waals surface area contributed by atoms with Crippen LogP contribution in [0.2, 0.25) is 0 Å². The number of rotatable bonds is 4. The number of ketones is 1. The fourth-order valence-corrected chi connectivity index (χ4v) is 2.08. The van der Waals surface area contributed by atoms with E-state index in [4.69, 9.17) is 0 Å². The monoisotopic (exact) mass is 266 g/mol. The molecule has 0 atom stereocenters. The van der Waals surface area contributed by atoms with E-state index in [-0.39, 0.29) is 24.5 Å². The van der Waals surface area contributed by atoms with Crippen LogP contribution in [-0.4, -0.2) is 26.7 Å². The molecule has 0 saturated heterocycles. The lowest BCUT2D eigenvalue weighted by atomic mass is 9.99. The Morgan fingerprint density at radius 3 is 2.60 bits per heavy atom. The van der Waals surface area contributed by atoms with Crippen molar-refractivity contribution in [3.63, 3.8) is 0 Å². The van der Waals surface area contributed by atoms with Crippen LogP contribution in [0.1, 0.15) is 17.6 Å². The van der Waals surface area contributed by atoms with Gasteiger partial charge < -0.3 is 0 Å². The molecule has 99 valence electrons. The molecule has 1 heterocycles. The van der Waals surface area contributed by atoms with Crippen molar-refractivity contribution in [2.24, 2.45) is 0 Å². The van der Waals surface area contributed by atoms with Crippen LogP contribution in [0.5, 0.6) is 0 Å². The molecule has 1 saturated carbocycles. The average Bonchev–Trinajstić information content (AvgIpc) is 3.13. The molecule has 0 unspecified atom stereocenters. The SMILES string of the molecule is O=C(CCC(=O)n1nnc2ccccc21)[C]1[CH][CH][CH][CH]1. The summed E-state index contributed by atoms with van der Waals surface area (Å²) >= 11 is 0. The Balaban J connectivity index is 1.66. The highest BCUT2D eigenvalue weighted by molar-refractivity contribution is 6.00. The Labute approximate surface area is 117 Å². The zero-order valence-corrected chi connectivity index (χ0v) is 10.7. The second-order valence-corrected chi connectivity index (χ2v) is 4.48. The van der Waals surface area contributed by atoms with Crippen molar-refractivity contribution >= 4 is 22.7 Å². The van der Waals surface area contributed by atoms with Gasteiger partial charge in [0.1, 0.15) is 11.3 Å². The number of benzene rings is 1. The lowest BCUT2D eigenvalue weighted by Gasteiger charge is -2.05. The highest BCUT2D eigenvalue weighted by Crippen LogP contribution is 2.25. The third-order valence-electron chi connectivity index (χ3n) is 3.14. The van der Waals surface area contributed by atoms with Crippen LogP contribution in [0.15, 0.2) is 24.3 Å². The van der Waals surface area contributed by atoms with Crippen LogP contribution in [0, 0.1) is 31.6 Å². The topological polar surface area (TPSA) is 64.8 Å². The molecular formula is C15H12N3O2. The first-order chi connectivity index (χ1) is 9.75. The van der Waals surface area contributed by atoms with Crippen molar-refractivity contribution < 1.29 is 9.59 Å². The smallest absolute Gasteiger partial charge is 0.249 e. The molecule has 2 aromatic rings. The van der Waals surface area contributed by atoms with Gasteiger partial charge in [-0.3, -0.25) is 9.59 Å². The quantitative estimate of drug-likeness (QED) is 0.846. The van der Waals surface area contributed by atoms with Gasteiger partial charge in [0.25, 0.3) is 0 Å². The number of carbonyl (C=O) groups is 2. The summed E-state index contributed by atoms with van der Waals surface area (Å²) < 4.78 is 1.26. The first-order valence-electron chi connectivity index (χ1n) is 6.34. The third-order valence-corrected chi connectivity index (χ3v) is 3.14. The highest BCUT2D eigenvalue weighted by atomic mass is 16.2. The number of Topliss-reactive ketones (excluding diaryl/α,β-unsaturated/α-hetero) is 1. The molecule has 0 N–H and O–H groups in total. The normalized spacial score (nSPS) is 15.8. The molecule has 5 nitrogen and oxygen atoms in total. The molecule has 0 amide bonds. The summed E-state index contributed by atoms with van der Waals surface area (Å²) in [6.07, 6.45) is 7.41. The number of carbonyl (C=O) groups excluding carboxylic acids is 2. The largest absolute Gasteiger partial charge is 0.299 e. The zero-order chi connectivity index (χ0) is 13.9. The fraction of sp³-hybridized carbons (Fsp3) is 0.133. The Morgan fingerprint density at radius 1 is 1.05 bits per heavy atom. The molecular weight excluding hydrogens is 254 g/mol. The molecule has 1 aliphatic carbocycles.